The summed E-state index contributed by atoms with van der Waals surface area (Å²) in [7, 11) is 0. The molecule has 20 heavy (non-hydrogen) atoms. The second-order valence-electron chi connectivity index (χ2n) is 5.45. The number of carbonyl (C=O) groups is 1. The highest BCUT2D eigenvalue weighted by atomic mass is 79.9. The maximum atomic E-state index is 13.4. The number of rotatable bonds is 4. The monoisotopic (exact) mass is 342 g/mol. The van der Waals surface area contributed by atoms with E-state index >= 15 is 0 Å². The van der Waals surface area contributed by atoms with Gasteiger partial charge in [0, 0.05) is 12.1 Å². The van der Waals surface area contributed by atoms with Crippen LogP contribution >= 0.6 is 15.9 Å². The van der Waals surface area contributed by atoms with Crippen LogP contribution in [0.1, 0.15) is 26.2 Å². The molecule has 2 N–H and O–H groups in total. The smallest absolute Gasteiger partial charge is 0.224 e. The highest BCUT2D eigenvalue weighted by Gasteiger charge is 2.22. The molecule has 1 aliphatic heterocycles. The van der Waals surface area contributed by atoms with Crippen molar-refractivity contribution in [3.8, 4) is 0 Å². The minimum absolute atomic E-state index is 0.0437. The zero-order valence-electron chi connectivity index (χ0n) is 11.6. The van der Waals surface area contributed by atoms with Crippen molar-refractivity contribution in [3.63, 3.8) is 0 Å². The third-order valence-corrected chi connectivity index (χ3v) is 4.54. The standard InChI is InChI=1S/C15H20BrFN2O/c1-10(11-4-6-18-7-5-11)8-15(20)19-12-2-3-13(16)14(17)9-12/h2-3,9-11,18H,4-8H2,1H3,(H,19,20). The predicted octanol–water partition coefficient (Wildman–Crippen LogP) is 3.55. The lowest BCUT2D eigenvalue weighted by atomic mass is 9.84. The van der Waals surface area contributed by atoms with E-state index in [1.807, 2.05) is 0 Å². The molecule has 3 nitrogen and oxygen atoms in total. The summed E-state index contributed by atoms with van der Waals surface area (Å²) in [6.07, 6.45) is 2.74. The Labute approximate surface area is 127 Å². The van der Waals surface area contributed by atoms with E-state index in [0.717, 1.165) is 25.9 Å². The Morgan fingerprint density at radius 3 is 2.85 bits per heavy atom. The fourth-order valence-corrected chi connectivity index (χ4v) is 2.90. The SMILES string of the molecule is CC(CC(=O)Nc1ccc(Br)c(F)c1)C1CCNCC1. The van der Waals surface area contributed by atoms with Crippen molar-refractivity contribution >= 4 is 27.5 Å². The summed E-state index contributed by atoms with van der Waals surface area (Å²) in [5.74, 6) is 0.549. The molecular weight excluding hydrogens is 323 g/mol. The molecule has 5 heteroatoms. The van der Waals surface area contributed by atoms with Crippen LogP contribution in [0.5, 0.6) is 0 Å². The highest BCUT2D eigenvalue weighted by Crippen LogP contribution is 2.25. The van der Waals surface area contributed by atoms with E-state index in [1.165, 1.54) is 6.07 Å². The molecule has 0 saturated carbocycles. The van der Waals surface area contributed by atoms with Crippen molar-refractivity contribution in [1.29, 1.82) is 0 Å². The van der Waals surface area contributed by atoms with Crippen molar-refractivity contribution in [2.75, 3.05) is 18.4 Å². The molecule has 0 aliphatic carbocycles. The first kappa shape index (κ1) is 15.4. The number of halogens is 2. The second kappa shape index (κ2) is 7.18. The van der Waals surface area contributed by atoms with Crippen molar-refractivity contribution in [1.82, 2.24) is 5.32 Å². The number of benzene rings is 1. The van der Waals surface area contributed by atoms with Gasteiger partial charge >= 0.3 is 0 Å². The Kier molecular flexibility index (Phi) is 5.54. The molecule has 1 aromatic rings. The Bertz CT molecular complexity index is 475. The summed E-state index contributed by atoms with van der Waals surface area (Å²) >= 11 is 3.09. The molecule has 1 aromatic carbocycles. The topological polar surface area (TPSA) is 41.1 Å². The van der Waals surface area contributed by atoms with E-state index < -0.39 is 0 Å². The summed E-state index contributed by atoms with van der Waals surface area (Å²) in [6, 6.07) is 4.62. The second-order valence-corrected chi connectivity index (χ2v) is 6.30. The first-order valence-corrected chi connectivity index (χ1v) is 7.81. The first-order valence-electron chi connectivity index (χ1n) is 7.02. The van der Waals surface area contributed by atoms with Crippen LogP contribution in [0.3, 0.4) is 0 Å². The van der Waals surface area contributed by atoms with E-state index in [4.69, 9.17) is 0 Å². The van der Waals surface area contributed by atoms with Crippen LogP contribution in [0, 0.1) is 17.7 Å². The van der Waals surface area contributed by atoms with Crippen LogP contribution in [0.15, 0.2) is 22.7 Å². The van der Waals surface area contributed by atoms with E-state index in [1.54, 1.807) is 12.1 Å². The van der Waals surface area contributed by atoms with Gasteiger partial charge in [0.15, 0.2) is 0 Å². The molecule has 1 aliphatic rings. The van der Waals surface area contributed by atoms with E-state index in [-0.39, 0.29) is 11.7 Å². The third-order valence-electron chi connectivity index (χ3n) is 3.90. The highest BCUT2D eigenvalue weighted by molar-refractivity contribution is 9.10. The van der Waals surface area contributed by atoms with Gasteiger partial charge in [0.1, 0.15) is 5.82 Å². The zero-order chi connectivity index (χ0) is 14.5. The van der Waals surface area contributed by atoms with Gasteiger partial charge in [-0.1, -0.05) is 6.92 Å². The van der Waals surface area contributed by atoms with Gasteiger partial charge < -0.3 is 10.6 Å². The normalized spacial score (nSPS) is 17.8. The van der Waals surface area contributed by atoms with E-state index in [0.29, 0.717) is 28.4 Å². The summed E-state index contributed by atoms with van der Waals surface area (Å²) in [4.78, 5) is 12.0. The van der Waals surface area contributed by atoms with Gasteiger partial charge in [0.05, 0.1) is 4.47 Å². The van der Waals surface area contributed by atoms with Gasteiger partial charge in [-0.05, 0) is 71.9 Å². The third kappa shape index (κ3) is 4.28. The van der Waals surface area contributed by atoms with Gasteiger partial charge in [-0.25, -0.2) is 4.39 Å². The summed E-state index contributed by atoms with van der Waals surface area (Å²) in [6.45, 7) is 4.20. The van der Waals surface area contributed by atoms with Crippen molar-refractivity contribution in [3.05, 3.63) is 28.5 Å². The molecule has 0 bridgehead atoms. The molecule has 2 rings (SSSR count). The van der Waals surface area contributed by atoms with Gasteiger partial charge in [0.2, 0.25) is 5.91 Å². The van der Waals surface area contributed by atoms with Crippen LogP contribution in [0.2, 0.25) is 0 Å². The van der Waals surface area contributed by atoms with Crippen LogP contribution in [-0.2, 0) is 4.79 Å². The van der Waals surface area contributed by atoms with Crippen LogP contribution in [0.4, 0.5) is 10.1 Å². The lowest BCUT2D eigenvalue weighted by molar-refractivity contribution is -0.117. The number of hydrogen-bond acceptors (Lipinski definition) is 2. The van der Waals surface area contributed by atoms with Crippen molar-refractivity contribution < 1.29 is 9.18 Å². The molecule has 1 saturated heterocycles. The van der Waals surface area contributed by atoms with Gasteiger partial charge in [0.25, 0.3) is 0 Å². The maximum Gasteiger partial charge on any atom is 0.224 e. The molecule has 1 fully saturated rings. The van der Waals surface area contributed by atoms with Gasteiger partial charge in [-0.2, -0.15) is 0 Å². The first-order chi connectivity index (χ1) is 9.56. The molecule has 110 valence electrons. The van der Waals surface area contributed by atoms with Gasteiger partial charge in [-0.3, -0.25) is 4.79 Å². The van der Waals surface area contributed by atoms with Crippen molar-refractivity contribution in [2.45, 2.75) is 26.2 Å². The molecule has 0 spiro atoms. The summed E-state index contributed by atoms with van der Waals surface area (Å²) < 4.78 is 13.8. The quantitative estimate of drug-likeness (QED) is 0.878. The average molecular weight is 343 g/mol. The fourth-order valence-electron chi connectivity index (χ4n) is 2.66. The number of nitrogens with one attached hydrogen (secondary N) is 2. The predicted molar refractivity (Wildman–Crippen MR) is 82.1 cm³/mol. The van der Waals surface area contributed by atoms with Crippen LogP contribution in [-0.4, -0.2) is 19.0 Å². The number of anilines is 1. The van der Waals surface area contributed by atoms with Crippen LogP contribution < -0.4 is 10.6 Å². The summed E-state index contributed by atoms with van der Waals surface area (Å²) in [5, 5.41) is 6.09. The largest absolute Gasteiger partial charge is 0.326 e. The fraction of sp³-hybridized carbons (Fsp3) is 0.533. The Hall–Kier alpha value is -0.940. The van der Waals surface area contributed by atoms with E-state index in [2.05, 4.69) is 33.5 Å². The summed E-state index contributed by atoms with van der Waals surface area (Å²) in [5.41, 5.74) is 0.508. The minimum Gasteiger partial charge on any atom is -0.326 e. The molecule has 1 unspecified atom stereocenters. The molecule has 1 atom stereocenters. The molecule has 0 aromatic heterocycles. The van der Waals surface area contributed by atoms with Crippen molar-refractivity contribution in [2.24, 2.45) is 11.8 Å². The number of hydrogen-bond donors (Lipinski definition) is 2. The Morgan fingerprint density at radius 1 is 1.50 bits per heavy atom. The lowest BCUT2D eigenvalue weighted by Crippen LogP contribution is -2.32. The minimum atomic E-state index is -0.366. The van der Waals surface area contributed by atoms with E-state index in [9.17, 15) is 9.18 Å². The lowest BCUT2D eigenvalue weighted by Gasteiger charge is -2.27. The molecule has 0 radical (unpaired) electrons. The molecule has 1 amide bonds. The maximum absolute atomic E-state index is 13.4. The number of piperidine rings is 1. The Morgan fingerprint density at radius 2 is 2.20 bits per heavy atom. The van der Waals surface area contributed by atoms with Gasteiger partial charge in [-0.15, -0.1) is 0 Å². The van der Waals surface area contributed by atoms with Crippen LogP contribution in [0.25, 0.3) is 0 Å². The number of amides is 1. The molecule has 1 heterocycles. The molecular formula is C15H20BrFN2O. The average Bonchev–Trinajstić information content (AvgIpc) is 2.44. The Balaban J connectivity index is 1.86. The number of carbonyl (C=O) groups excluding carboxylic acids is 1. The zero-order valence-corrected chi connectivity index (χ0v) is 13.2.